The lowest BCUT2D eigenvalue weighted by Crippen LogP contribution is -2.44. The number of imidazole rings is 1. The molecular formula is C10H12F3N3O. The Morgan fingerprint density at radius 3 is 2.88 bits per heavy atom. The molecule has 1 N–H and O–H groups in total. The average Bonchev–Trinajstić information content (AvgIpc) is 2.80. The number of likely N-dealkylation sites (tertiary alicyclic amines) is 1. The molecule has 0 aliphatic carbocycles. The van der Waals surface area contributed by atoms with Crippen LogP contribution in [0.3, 0.4) is 0 Å². The van der Waals surface area contributed by atoms with Crippen molar-refractivity contribution in [3.05, 3.63) is 18.2 Å². The number of carbonyl (C=O) groups is 1. The van der Waals surface area contributed by atoms with Crippen molar-refractivity contribution in [3.8, 4) is 0 Å². The summed E-state index contributed by atoms with van der Waals surface area (Å²) in [5.41, 5.74) is 0.229. The molecule has 1 aliphatic heterocycles. The predicted octanol–water partition coefficient (Wildman–Crippen LogP) is 1.82. The van der Waals surface area contributed by atoms with Gasteiger partial charge in [0.1, 0.15) is 5.69 Å². The van der Waals surface area contributed by atoms with Crippen molar-refractivity contribution in [1.29, 1.82) is 0 Å². The molecule has 2 heterocycles. The van der Waals surface area contributed by atoms with Crippen molar-refractivity contribution in [2.75, 3.05) is 13.1 Å². The van der Waals surface area contributed by atoms with E-state index in [1.807, 2.05) is 0 Å². The molecule has 0 unspecified atom stereocenters. The number of H-pyrrole nitrogens is 1. The minimum atomic E-state index is -4.23. The van der Waals surface area contributed by atoms with Gasteiger partial charge in [-0.15, -0.1) is 0 Å². The summed E-state index contributed by atoms with van der Waals surface area (Å²) in [7, 11) is 0. The summed E-state index contributed by atoms with van der Waals surface area (Å²) >= 11 is 0. The number of rotatable bonds is 1. The first-order valence-electron chi connectivity index (χ1n) is 5.33. The van der Waals surface area contributed by atoms with Crippen molar-refractivity contribution in [2.24, 2.45) is 5.92 Å². The Morgan fingerprint density at radius 1 is 1.53 bits per heavy atom. The second kappa shape index (κ2) is 4.38. The third-order valence-electron chi connectivity index (χ3n) is 2.90. The van der Waals surface area contributed by atoms with Crippen LogP contribution in [0.4, 0.5) is 13.2 Å². The number of aromatic amines is 1. The predicted molar refractivity (Wildman–Crippen MR) is 53.3 cm³/mol. The number of alkyl halides is 3. The maximum atomic E-state index is 12.6. The topological polar surface area (TPSA) is 49.0 Å². The fraction of sp³-hybridized carbons (Fsp3) is 0.600. The second-order valence-electron chi connectivity index (χ2n) is 4.10. The standard InChI is InChI=1S/C10H12F3N3O/c11-10(12,13)7-2-1-3-16(5-7)9(17)8-4-14-6-15-8/h4,6-7H,1-3,5H2,(H,14,15)/t7-/m1/s1. The molecular weight excluding hydrogens is 235 g/mol. The largest absolute Gasteiger partial charge is 0.393 e. The Kier molecular flexibility index (Phi) is 3.08. The van der Waals surface area contributed by atoms with E-state index < -0.39 is 18.0 Å². The fourth-order valence-corrected chi connectivity index (χ4v) is 1.97. The number of nitrogens with zero attached hydrogens (tertiary/aromatic N) is 2. The van der Waals surface area contributed by atoms with Gasteiger partial charge in [0.25, 0.3) is 5.91 Å². The van der Waals surface area contributed by atoms with Gasteiger partial charge < -0.3 is 9.88 Å². The van der Waals surface area contributed by atoms with Crippen molar-refractivity contribution >= 4 is 5.91 Å². The summed E-state index contributed by atoms with van der Waals surface area (Å²) in [6.45, 7) is 0.103. The van der Waals surface area contributed by atoms with E-state index in [9.17, 15) is 18.0 Å². The molecule has 0 radical (unpaired) electrons. The molecule has 17 heavy (non-hydrogen) atoms. The summed E-state index contributed by atoms with van der Waals surface area (Å²) in [6, 6.07) is 0. The number of hydrogen-bond donors (Lipinski definition) is 1. The van der Waals surface area contributed by atoms with Crippen molar-refractivity contribution < 1.29 is 18.0 Å². The Bertz CT molecular complexity index is 388. The first kappa shape index (κ1) is 11.9. The molecule has 2 rings (SSSR count). The Morgan fingerprint density at radius 2 is 2.29 bits per heavy atom. The quantitative estimate of drug-likeness (QED) is 0.823. The summed E-state index contributed by atoms with van der Waals surface area (Å²) in [5, 5.41) is 0. The molecule has 4 nitrogen and oxygen atoms in total. The third kappa shape index (κ3) is 2.59. The molecule has 0 bridgehead atoms. The minimum Gasteiger partial charge on any atom is -0.341 e. The second-order valence-corrected chi connectivity index (χ2v) is 4.10. The van der Waals surface area contributed by atoms with Crippen LogP contribution in [0.1, 0.15) is 23.3 Å². The zero-order valence-corrected chi connectivity index (χ0v) is 9.00. The van der Waals surface area contributed by atoms with E-state index in [0.717, 1.165) is 0 Å². The monoisotopic (exact) mass is 247 g/mol. The van der Waals surface area contributed by atoms with E-state index in [2.05, 4.69) is 9.97 Å². The van der Waals surface area contributed by atoms with Crippen molar-refractivity contribution in [1.82, 2.24) is 14.9 Å². The normalized spacial score (nSPS) is 21.6. The van der Waals surface area contributed by atoms with E-state index in [1.165, 1.54) is 17.4 Å². The molecule has 0 aromatic carbocycles. The van der Waals surface area contributed by atoms with Crippen LogP contribution in [0, 0.1) is 5.92 Å². The van der Waals surface area contributed by atoms with Crippen LogP contribution in [-0.4, -0.2) is 40.0 Å². The fourth-order valence-electron chi connectivity index (χ4n) is 1.97. The molecule has 1 saturated heterocycles. The molecule has 1 aromatic rings. The number of hydrogen-bond acceptors (Lipinski definition) is 2. The Hall–Kier alpha value is -1.53. The lowest BCUT2D eigenvalue weighted by molar-refractivity contribution is -0.184. The number of halogens is 3. The molecule has 0 saturated carbocycles. The van der Waals surface area contributed by atoms with Gasteiger partial charge in [0.05, 0.1) is 18.4 Å². The van der Waals surface area contributed by atoms with Crippen LogP contribution in [0.15, 0.2) is 12.5 Å². The molecule has 0 spiro atoms. The van der Waals surface area contributed by atoms with E-state index in [4.69, 9.17) is 0 Å². The van der Waals surface area contributed by atoms with Gasteiger partial charge >= 0.3 is 6.18 Å². The van der Waals surface area contributed by atoms with Gasteiger partial charge in [-0.25, -0.2) is 4.98 Å². The van der Waals surface area contributed by atoms with Gasteiger partial charge in [-0.2, -0.15) is 13.2 Å². The van der Waals surface area contributed by atoms with Crippen LogP contribution in [0.25, 0.3) is 0 Å². The Balaban J connectivity index is 2.05. The minimum absolute atomic E-state index is 0.0935. The highest BCUT2D eigenvalue weighted by atomic mass is 19.4. The maximum Gasteiger partial charge on any atom is 0.393 e. The van der Waals surface area contributed by atoms with Gasteiger partial charge in [-0.1, -0.05) is 0 Å². The van der Waals surface area contributed by atoms with Gasteiger partial charge in [-0.3, -0.25) is 4.79 Å². The summed E-state index contributed by atoms with van der Waals surface area (Å²) in [4.78, 5) is 19.3. The van der Waals surface area contributed by atoms with Gasteiger partial charge in [0.2, 0.25) is 0 Å². The highest BCUT2D eigenvalue weighted by molar-refractivity contribution is 5.92. The van der Waals surface area contributed by atoms with E-state index >= 15 is 0 Å². The van der Waals surface area contributed by atoms with E-state index in [1.54, 1.807) is 0 Å². The molecule has 1 amide bonds. The van der Waals surface area contributed by atoms with Crippen molar-refractivity contribution in [2.45, 2.75) is 19.0 Å². The summed E-state index contributed by atoms with van der Waals surface area (Å²) in [5.74, 6) is -1.83. The highest BCUT2D eigenvalue weighted by Crippen LogP contribution is 2.33. The highest BCUT2D eigenvalue weighted by Gasteiger charge is 2.42. The van der Waals surface area contributed by atoms with Crippen LogP contribution in [0.5, 0.6) is 0 Å². The smallest absolute Gasteiger partial charge is 0.341 e. The van der Waals surface area contributed by atoms with Gasteiger partial charge in [0, 0.05) is 13.1 Å². The van der Waals surface area contributed by atoms with Gasteiger partial charge in [-0.05, 0) is 12.8 Å². The van der Waals surface area contributed by atoms with Crippen LogP contribution >= 0.6 is 0 Å². The summed E-state index contributed by atoms with van der Waals surface area (Å²) in [6.07, 6.45) is -1.11. The number of amides is 1. The van der Waals surface area contributed by atoms with Crippen molar-refractivity contribution in [3.63, 3.8) is 0 Å². The number of aromatic nitrogens is 2. The van der Waals surface area contributed by atoms with Crippen LogP contribution in [0.2, 0.25) is 0 Å². The Labute approximate surface area is 95.8 Å². The van der Waals surface area contributed by atoms with Crippen LogP contribution < -0.4 is 0 Å². The SMILES string of the molecule is O=C(c1cnc[nH]1)N1CCC[C@@H](C(F)(F)F)C1. The molecule has 1 atom stereocenters. The zero-order chi connectivity index (χ0) is 12.5. The number of nitrogens with one attached hydrogen (secondary N) is 1. The number of carbonyl (C=O) groups excluding carboxylic acids is 1. The number of piperidine rings is 1. The third-order valence-corrected chi connectivity index (χ3v) is 2.90. The molecule has 7 heteroatoms. The lowest BCUT2D eigenvalue weighted by atomic mass is 9.97. The first-order chi connectivity index (χ1) is 7.98. The summed E-state index contributed by atoms with van der Waals surface area (Å²) < 4.78 is 37.7. The molecule has 1 aliphatic rings. The van der Waals surface area contributed by atoms with E-state index in [0.29, 0.717) is 13.0 Å². The zero-order valence-electron chi connectivity index (χ0n) is 9.00. The average molecular weight is 247 g/mol. The lowest BCUT2D eigenvalue weighted by Gasteiger charge is -2.33. The first-order valence-corrected chi connectivity index (χ1v) is 5.33. The maximum absolute atomic E-state index is 12.6. The molecule has 1 aromatic heterocycles. The molecule has 94 valence electrons. The van der Waals surface area contributed by atoms with E-state index in [-0.39, 0.29) is 18.7 Å². The molecule has 1 fully saturated rings. The van der Waals surface area contributed by atoms with Gasteiger partial charge in [0.15, 0.2) is 0 Å². The van der Waals surface area contributed by atoms with Crippen LogP contribution in [-0.2, 0) is 0 Å².